The maximum atomic E-state index is 5.40. The first-order valence-corrected chi connectivity index (χ1v) is 5.02. The van der Waals surface area contributed by atoms with Gasteiger partial charge in [0.15, 0.2) is 0 Å². The third kappa shape index (κ3) is 8.63. The lowest BCUT2D eigenvalue weighted by Crippen LogP contribution is -1.90. The number of nitrogens with two attached hydrogens (primary N) is 2. The number of hydrogen-bond donors (Lipinski definition) is 2. The molecule has 0 amide bonds. The van der Waals surface area contributed by atoms with Crippen molar-refractivity contribution >= 4 is 0 Å². The number of allylic oxidation sites excluding steroid dienone is 6. The fourth-order valence-electron chi connectivity index (χ4n) is 0.938. The summed E-state index contributed by atoms with van der Waals surface area (Å²) in [6.45, 7) is 14.9. The van der Waals surface area contributed by atoms with Crippen molar-refractivity contribution in [2.24, 2.45) is 11.5 Å². The Balaban J connectivity index is 3.97. The van der Waals surface area contributed by atoms with Crippen LogP contribution >= 0.6 is 0 Å². The van der Waals surface area contributed by atoms with Gasteiger partial charge in [-0.2, -0.15) is 0 Å². The van der Waals surface area contributed by atoms with Crippen LogP contribution in [0.25, 0.3) is 0 Å². The summed E-state index contributed by atoms with van der Waals surface area (Å²) < 4.78 is 0. The molecule has 0 aliphatic carbocycles. The van der Waals surface area contributed by atoms with Gasteiger partial charge in [0.2, 0.25) is 0 Å². The van der Waals surface area contributed by atoms with Crippen LogP contribution in [-0.4, -0.2) is 0 Å². The van der Waals surface area contributed by atoms with E-state index >= 15 is 0 Å². The zero-order chi connectivity index (χ0) is 12.6. The van der Waals surface area contributed by atoms with E-state index in [4.69, 9.17) is 11.5 Å². The Bertz CT molecular complexity index is 321. The van der Waals surface area contributed by atoms with Crippen LogP contribution < -0.4 is 11.5 Å². The normalized spacial score (nSPS) is 10.8. The van der Waals surface area contributed by atoms with Gasteiger partial charge in [-0.1, -0.05) is 49.6 Å². The Morgan fingerprint density at radius 1 is 0.688 bits per heavy atom. The summed E-state index contributed by atoms with van der Waals surface area (Å²) in [4.78, 5) is 0. The van der Waals surface area contributed by atoms with E-state index in [0.29, 0.717) is 11.4 Å². The molecule has 0 aliphatic heterocycles. The molecule has 0 aromatic carbocycles. The van der Waals surface area contributed by atoms with Crippen LogP contribution in [0.5, 0.6) is 0 Å². The van der Waals surface area contributed by atoms with E-state index in [0.717, 1.165) is 24.0 Å². The predicted octanol–water partition coefficient (Wildman–Crippen LogP) is 2.94. The molecule has 0 bridgehead atoms. The van der Waals surface area contributed by atoms with Gasteiger partial charge in [0.1, 0.15) is 0 Å². The van der Waals surface area contributed by atoms with Crippen molar-refractivity contribution < 1.29 is 0 Å². The summed E-state index contributed by atoms with van der Waals surface area (Å²) in [5.41, 5.74) is 13.8. The van der Waals surface area contributed by atoms with E-state index in [1.807, 2.05) is 12.2 Å². The fraction of sp³-hybridized carbons (Fsp3) is 0.143. The van der Waals surface area contributed by atoms with Gasteiger partial charge < -0.3 is 11.5 Å². The molecule has 2 nitrogen and oxygen atoms in total. The lowest BCUT2D eigenvalue weighted by molar-refractivity contribution is 0.977. The SMILES string of the molecule is C=C(N)/C=C\C(=C)CCC(=C)/C=C\C(=C)N. The Morgan fingerprint density at radius 3 is 1.25 bits per heavy atom. The Kier molecular flexibility index (Phi) is 6.45. The highest BCUT2D eigenvalue weighted by Crippen LogP contribution is 2.11. The van der Waals surface area contributed by atoms with Crippen molar-refractivity contribution in [3.63, 3.8) is 0 Å². The summed E-state index contributed by atoms with van der Waals surface area (Å²) in [5.74, 6) is 0. The quantitative estimate of drug-likeness (QED) is 0.643. The first-order chi connectivity index (χ1) is 7.41. The van der Waals surface area contributed by atoms with Crippen molar-refractivity contribution in [1.82, 2.24) is 0 Å². The highest BCUT2D eigenvalue weighted by Gasteiger charge is 1.92. The first-order valence-electron chi connectivity index (χ1n) is 5.02. The van der Waals surface area contributed by atoms with Gasteiger partial charge in [-0.05, 0) is 25.0 Å². The van der Waals surface area contributed by atoms with Gasteiger partial charge in [-0.15, -0.1) is 0 Å². The van der Waals surface area contributed by atoms with E-state index in [1.54, 1.807) is 12.2 Å². The average Bonchev–Trinajstić information content (AvgIpc) is 2.20. The topological polar surface area (TPSA) is 52.0 Å². The van der Waals surface area contributed by atoms with Crippen LogP contribution in [0, 0.1) is 0 Å². The van der Waals surface area contributed by atoms with Gasteiger partial charge in [0, 0.05) is 11.4 Å². The van der Waals surface area contributed by atoms with Gasteiger partial charge in [0.25, 0.3) is 0 Å². The molecule has 0 aromatic heterocycles. The average molecular weight is 216 g/mol. The molecule has 0 saturated heterocycles. The molecule has 0 atom stereocenters. The molecule has 0 rings (SSSR count). The molecule has 0 unspecified atom stereocenters. The van der Waals surface area contributed by atoms with Crippen molar-refractivity contribution in [2.75, 3.05) is 0 Å². The second kappa shape index (κ2) is 7.35. The zero-order valence-electron chi connectivity index (χ0n) is 9.71. The molecule has 0 spiro atoms. The molecular formula is C14H20N2. The van der Waals surface area contributed by atoms with Crippen LogP contribution in [0.1, 0.15) is 12.8 Å². The highest BCUT2D eigenvalue weighted by atomic mass is 14.5. The van der Waals surface area contributed by atoms with Crippen molar-refractivity contribution in [1.29, 1.82) is 0 Å². The van der Waals surface area contributed by atoms with E-state index in [1.165, 1.54) is 0 Å². The summed E-state index contributed by atoms with van der Waals surface area (Å²) in [5, 5.41) is 0. The highest BCUT2D eigenvalue weighted by molar-refractivity contribution is 5.26. The van der Waals surface area contributed by atoms with E-state index in [9.17, 15) is 0 Å². The smallest absolute Gasteiger partial charge is 0.0241 e. The molecule has 0 radical (unpaired) electrons. The van der Waals surface area contributed by atoms with Crippen LogP contribution in [0.4, 0.5) is 0 Å². The molecule has 0 saturated carbocycles. The lowest BCUT2D eigenvalue weighted by Gasteiger charge is -2.00. The van der Waals surface area contributed by atoms with Gasteiger partial charge >= 0.3 is 0 Å². The minimum absolute atomic E-state index is 0.527. The van der Waals surface area contributed by atoms with Crippen LogP contribution in [0.3, 0.4) is 0 Å². The summed E-state index contributed by atoms with van der Waals surface area (Å²) in [6, 6.07) is 0. The zero-order valence-corrected chi connectivity index (χ0v) is 9.71. The second-order valence-electron chi connectivity index (χ2n) is 3.63. The summed E-state index contributed by atoms with van der Waals surface area (Å²) in [6.07, 6.45) is 8.88. The van der Waals surface area contributed by atoms with Crippen LogP contribution in [0.2, 0.25) is 0 Å². The number of hydrogen-bond acceptors (Lipinski definition) is 2. The molecular weight excluding hydrogens is 196 g/mol. The first kappa shape index (κ1) is 14.0. The summed E-state index contributed by atoms with van der Waals surface area (Å²) in [7, 11) is 0. The third-order valence-corrected chi connectivity index (χ3v) is 1.83. The standard InChI is InChI=1S/C14H20N2/c1-11(7-9-13(3)15)5-6-12(2)8-10-14(4)16/h7-10H,1-6,15-16H2/b9-7-,10-8-. The minimum atomic E-state index is 0.527. The summed E-state index contributed by atoms with van der Waals surface area (Å²) >= 11 is 0. The van der Waals surface area contributed by atoms with Crippen LogP contribution in [0.15, 0.2) is 73.2 Å². The van der Waals surface area contributed by atoms with Crippen LogP contribution in [-0.2, 0) is 0 Å². The maximum Gasteiger partial charge on any atom is 0.0241 e. The third-order valence-electron chi connectivity index (χ3n) is 1.83. The predicted molar refractivity (Wildman–Crippen MR) is 72.4 cm³/mol. The van der Waals surface area contributed by atoms with Gasteiger partial charge in [-0.3, -0.25) is 0 Å². The van der Waals surface area contributed by atoms with Crippen molar-refractivity contribution in [2.45, 2.75) is 12.8 Å². The largest absolute Gasteiger partial charge is 0.399 e. The van der Waals surface area contributed by atoms with Gasteiger partial charge in [-0.25, -0.2) is 0 Å². The molecule has 2 heteroatoms. The molecule has 86 valence electrons. The lowest BCUT2D eigenvalue weighted by atomic mass is 10.1. The van der Waals surface area contributed by atoms with Gasteiger partial charge in [0.05, 0.1) is 0 Å². The van der Waals surface area contributed by atoms with Crippen molar-refractivity contribution in [3.8, 4) is 0 Å². The Morgan fingerprint density at radius 2 is 1.00 bits per heavy atom. The van der Waals surface area contributed by atoms with Crippen molar-refractivity contribution in [3.05, 3.63) is 73.2 Å². The molecule has 0 aromatic rings. The number of rotatable bonds is 7. The molecule has 16 heavy (non-hydrogen) atoms. The fourth-order valence-corrected chi connectivity index (χ4v) is 0.938. The van der Waals surface area contributed by atoms with E-state index in [2.05, 4.69) is 26.3 Å². The van der Waals surface area contributed by atoms with E-state index < -0.39 is 0 Å². The van der Waals surface area contributed by atoms with E-state index in [-0.39, 0.29) is 0 Å². The maximum absolute atomic E-state index is 5.40. The molecule has 0 heterocycles. The minimum Gasteiger partial charge on any atom is -0.399 e. The Hall–Kier alpha value is -1.96. The second-order valence-corrected chi connectivity index (χ2v) is 3.63. The molecule has 4 N–H and O–H groups in total. The Labute approximate surface area is 98.0 Å². The monoisotopic (exact) mass is 216 g/mol. The molecule has 0 aliphatic rings. The molecule has 0 fully saturated rings.